The van der Waals surface area contributed by atoms with Crippen molar-refractivity contribution in [2.75, 3.05) is 13.1 Å². The van der Waals surface area contributed by atoms with Crippen LogP contribution in [0.15, 0.2) is 24.3 Å². The molecule has 0 spiro atoms. The number of aromatic hydroxyl groups is 1. The molecule has 0 saturated carbocycles. The fourth-order valence-corrected chi connectivity index (χ4v) is 2.00. The first-order valence-corrected chi connectivity index (χ1v) is 5.35. The van der Waals surface area contributed by atoms with Crippen molar-refractivity contribution >= 4 is 0 Å². The van der Waals surface area contributed by atoms with Crippen LogP contribution in [0.3, 0.4) is 0 Å². The van der Waals surface area contributed by atoms with Gasteiger partial charge < -0.3 is 5.11 Å². The first-order chi connectivity index (χ1) is 6.86. The van der Waals surface area contributed by atoms with Crippen LogP contribution < -0.4 is 0 Å². The Labute approximate surface area is 85.2 Å². The van der Waals surface area contributed by atoms with Crippen molar-refractivity contribution in [3.63, 3.8) is 0 Å². The molecule has 0 radical (unpaired) electrons. The van der Waals surface area contributed by atoms with Crippen LogP contribution in [-0.4, -0.2) is 23.1 Å². The highest BCUT2D eigenvalue weighted by atomic mass is 16.3. The standard InChI is InChI=1S/C12H17NO/c14-12-7-3-2-6-11(12)10-13-8-4-1-5-9-13/h2-3,6-7,14H,1,4-5,8-10H2. The molecule has 0 aliphatic carbocycles. The number of benzene rings is 1. The average molecular weight is 191 g/mol. The zero-order valence-electron chi connectivity index (χ0n) is 8.45. The lowest BCUT2D eigenvalue weighted by molar-refractivity contribution is 0.218. The van der Waals surface area contributed by atoms with Gasteiger partial charge in [-0.2, -0.15) is 0 Å². The third-order valence-electron chi connectivity index (χ3n) is 2.83. The average Bonchev–Trinajstić information content (AvgIpc) is 2.23. The zero-order chi connectivity index (χ0) is 9.80. The van der Waals surface area contributed by atoms with E-state index in [0.717, 1.165) is 12.1 Å². The Morgan fingerprint density at radius 1 is 1.07 bits per heavy atom. The van der Waals surface area contributed by atoms with E-state index in [1.54, 1.807) is 6.07 Å². The van der Waals surface area contributed by atoms with Crippen LogP contribution in [0.25, 0.3) is 0 Å². The number of likely N-dealkylation sites (tertiary alicyclic amines) is 1. The summed E-state index contributed by atoms with van der Waals surface area (Å²) < 4.78 is 0. The quantitative estimate of drug-likeness (QED) is 0.775. The molecule has 1 saturated heterocycles. The molecule has 0 amide bonds. The summed E-state index contributed by atoms with van der Waals surface area (Å²) in [6.45, 7) is 3.25. The normalized spacial score (nSPS) is 18.3. The predicted octanol–water partition coefficient (Wildman–Crippen LogP) is 2.38. The highest BCUT2D eigenvalue weighted by Gasteiger charge is 2.11. The first kappa shape index (κ1) is 9.53. The largest absolute Gasteiger partial charge is 0.508 e. The van der Waals surface area contributed by atoms with Gasteiger partial charge in [0.25, 0.3) is 0 Å². The summed E-state index contributed by atoms with van der Waals surface area (Å²) in [5.41, 5.74) is 1.05. The summed E-state index contributed by atoms with van der Waals surface area (Å²) >= 11 is 0. The van der Waals surface area contributed by atoms with Crippen LogP contribution in [0.1, 0.15) is 24.8 Å². The van der Waals surface area contributed by atoms with Crippen LogP contribution in [0.4, 0.5) is 0 Å². The van der Waals surface area contributed by atoms with E-state index in [-0.39, 0.29) is 0 Å². The molecular weight excluding hydrogens is 174 g/mol. The Bertz CT molecular complexity index is 292. The smallest absolute Gasteiger partial charge is 0.120 e. The summed E-state index contributed by atoms with van der Waals surface area (Å²) in [5, 5.41) is 9.61. The van der Waals surface area contributed by atoms with Gasteiger partial charge in [0.2, 0.25) is 0 Å². The van der Waals surface area contributed by atoms with Crippen molar-refractivity contribution in [2.24, 2.45) is 0 Å². The topological polar surface area (TPSA) is 23.5 Å². The lowest BCUT2D eigenvalue weighted by Gasteiger charge is -2.26. The van der Waals surface area contributed by atoms with Crippen molar-refractivity contribution in [1.82, 2.24) is 4.90 Å². The summed E-state index contributed by atoms with van der Waals surface area (Å²) in [7, 11) is 0. The molecule has 2 rings (SSSR count). The minimum absolute atomic E-state index is 0.429. The number of nitrogens with zero attached hydrogens (tertiary/aromatic N) is 1. The Hall–Kier alpha value is -1.02. The summed E-state index contributed by atoms with van der Waals surface area (Å²) in [6, 6.07) is 7.62. The molecule has 2 heteroatoms. The maximum atomic E-state index is 9.61. The van der Waals surface area contributed by atoms with Gasteiger partial charge in [0.15, 0.2) is 0 Å². The molecule has 1 aromatic carbocycles. The second-order valence-electron chi connectivity index (χ2n) is 3.97. The fraction of sp³-hybridized carbons (Fsp3) is 0.500. The number of para-hydroxylation sites is 1. The highest BCUT2D eigenvalue weighted by Crippen LogP contribution is 2.19. The Kier molecular flexibility index (Phi) is 3.04. The van der Waals surface area contributed by atoms with Crippen molar-refractivity contribution in [3.8, 4) is 5.75 Å². The predicted molar refractivity (Wildman–Crippen MR) is 57.2 cm³/mol. The molecule has 76 valence electrons. The third kappa shape index (κ3) is 2.26. The van der Waals surface area contributed by atoms with Gasteiger partial charge in [0.1, 0.15) is 5.75 Å². The van der Waals surface area contributed by atoms with Gasteiger partial charge in [-0.1, -0.05) is 24.6 Å². The van der Waals surface area contributed by atoms with E-state index in [9.17, 15) is 5.11 Å². The Balaban J connectivity index is 1.99. The van der Waals surface area contributed by atoms with Crippen LogP contribution in [0, 0.1) is 0 Å². The van der Waals surface area contributed by atoms with Gasteiger partial charge in [-0.3, -0.25) is 4.90 Å². The first-order valence-electron chi connectivity index (χ1n) is 5.35. The minimum Gasteiger partial charge on any atom is -0.508 e. The minimum atomic E-state index is 0.429. The molecule has 1 heterocycles. The number of phenolic OH excluding ortho intramolecular Hbond substituents is 1. The number of piperidine rings is 1. The third-order valence-corrected chi connectivity index (χ3v) is 2.83. The molecular formula is C12H17NO. The van der Waals surface area contributed by atoms with Gasteiger partial charge in [-0.15, -0.1) is 0 Å². The Morgan fingerprint density at radius 2 is 1.79 bits per heavy atom. The highest BCUT2D eigenvalue weighted by molar-refractivity contribution is 5.31. The maximum Gasteiger partial charge on any atom is 0.120 e. The lowest BCUT2D eigenvalue weighted by Crippen LogP contribution is -2.29. The molecule has 1 aliphatic heterocycles. The molecule has 0 atom stereocenters. The van der Waals surface area contributed by atoms with Crippen molar-refractivity contribution in [1.29, 1.82) is 0 Å². The number of phenols is 1. The molecule has 1 fully saturated rings. The van der Waals surface area contributed by atoms with Crippen LogP contribution in [-0.2, 0) is 6.54 Å². The zero-order valence-corrected chi connectivity index (χ0v) is 8.45. The van der Waals surface area contributed by atoms with E-state index in [1.807, 2.05) is 18.2 Å². The fourth-order valence-electron chi connectivity index (χ4n) is 2.00. The van der Waals surface area contributed by atoms with Crippen molar-refractivity contribution in [2.45, 2.75) is 25.8 Å². The van der Waals surface area contributed by atoms with E-state index in [4.69, 9.17) is 0 Å². The molecule has 1 N–H and O–H groups in total. The lowest BCUT2D eigenvalue weighted by atomic mass is 10.1. The van der Waals surface area contributed by atoms with E-state index >= 15 is 0 Å². The SMILES string of the molecule is Oc1ccccc1CN1CCCCC1. The van der Waals surface area contributed by atoms with E-state index < -0.39 is 0 Å². The summed E-state index contributed by atoms with van der Waals surface area (Å²) in [5.74, 6) is 0.429. The monoisotopic (exact) mass is 191 g/mol. The van der Waals surface area contributed by atoms with Gasteiger partial charge in [0.05, 0.1) is 0 Å². The number of hydrogen-bond acceptors (Lipinski definition) is 2. The molecule has 14 heavy (non-hydrogen) atoms. The van der Waals surface area contributed by atoms with Crippen LogP contribution in [0.5, 0.6) is 5.75 Å². The van der Waals surface area contributed by atoms with Gasteiger partial charge in [0, 0.05) is 12.1 Å². The van der Waals surface area contributed by atoms with E-state index in [0.29, 0.717) is 5.75 Å². The number of rotatable bonds is 2. The molecule has 0 unspecified atom stereocenters. The molecule has 1 aliphatic rings. The summed E-state index contributed by atoms with van der Waals surface area (Å²) in [4.78, 5) is 2.42. The van der Waals surface area contributed by atoms with Gasteiger partial charge in [-0.25, -0.2) is 0 Å². The van der Waals surface area contributed by atoms with Crippen molar-refractivity contribution in [3.05, 3.63) is 29.8 Å². The van der Waals surface area contributed by atoms with E-state index in [2.05, 4.69) is 4.90 Å². The van der Waals surface area contributed by atoms with Crippen LogP contribution >= 0.6 is 0 Å². The molecule has 2 nitrogen and oxygen atoms in total. The summed E-state index contributed by atoms with van der Waals surface area (Å²) in [6.07, 6.45) is 3.96. The van der Waals surface area contributed by atoms with Crippen LogP contribution in [0.2, 0.25) is 0 Å². The van der Waals surface area contributed by atoms with Crippen molar-refractivity contribution < 1.29 is 5.11 Å². The molecule has 0 aromatic heterocycles. The number of hydrogen-bond donors (Lipinski definition) is 1. The maximum absolute atomic E-state index is 9.61. The van der Waals surface area contributed by atoms with E-state index in [1.165, 1.54) is 32.4 Å². The Morgan fingerprint density at radius 3 is 2.50 bits per heavy atom. The molecule has 0 bridgehead atoms. The van der Waals surface area contributed by atoms with Gasteiger partial charge >= 0.3 is 0 Å². The second-order valence-corrected chi connectivity index (χ2v) is 3.97. The molecule has 1 aromatic rings. The van der Waals surface area contributed by atoms with Gasteiger partial charge in [-0.05, 0) is 32.0 Å². The second kappa shape index (κ2) is 4.47.